The summed E-state index contributed by atoms with van der Waals surface area (Å²) in [4.78, 5) is 17.5. The Hall–Kier alpha value is -3.30. The summed E-state index contributed by atoms with van der Waals surface area (Å²) in [6.45, 7) is 4.19. The lowest BCUT2D eigenvalue weighted by Gasteiger charge is -2.34. The summed E-state index contributed by atoms with van der Waals surface area (Å²) in [5.41, 5.74) is 2.72. The zero-order chi connectivity index (χ0) is 28.0. The molecule has 2 aromatic heterocycles. The van der Waals surface area contributed by atoms with Crippen molar-refractivity contribution in [1.82, 2.24) is 25.2 Å². The fourth-order valence-corrected chi connectivity index (χ4v) is 8.49. The van der Waals surface area contributed by atoms with E-state index in [1.54, 1.807) is 6.20 Å². The summed E-state index contributed by atoms with van der Waals surface area (Å²) in [5, 5.41) is 4.97. The highest BCUT2D eigenvalue weighted by Gasteiger charge is 2.45. The first-order valence-electron chi connectivity index (χ1n) is 15.8. The van der Waals surface area contributed by atoms with Gasteiger partial charge in [0, 0.05) is 53.2 Å². The van der Waals surface area contributed by atoms with Crippen LogP contribution in [-0.2, 0) is 0 Å². The molecule has 9 rings (SSSR count). The van der Waals surface area contributed by atoms with Crippen molar-refractivity contribution in [3.05, 3.63) is 47.7 Å². The Morgan fingerprint density at radius 1 is 1.00 bits per heavy atom. The van der Waals surface area contributed by atoms with Gasteiger partial charge in [-0.2, -0.15) is 9.97 Å². The van der Waals surface area contributed by atoms with Crippen LogP contribution in [0.25, 0.3) is 32.9 Å². The molecule has 1 aliphatic carbocycles. The molecule has 0 amide bonds. The molecule has 0 spiro atoms. The van der Waals surface area contributed by atoms with Crippen LogP contribution in [0.2, 0.25) is 0 Å². The molecule has 1 saturated carbocycles. The Bertz CT molecular complexity index is 1690. The van der Waals surface area contributed by atoms with Crippen molar-refractivity contribution in [1.29, 1.82) is 0 Å². The Morgan fingerprint density at radius 3 is 2.55 bits per heavy atom. The number of ether oxygens (including phenoxy) is 1. The lowest BCUT2D eigenvalue weighted by Crippen LogP contribution is -2.51. The minimum Gasteiger partial charge on any atom is -0.461 e. The van der Waals surface area contributed by atoms with Gasteiger partial charge in [-0.05, 0) is 88.1 Å². The molecule has 2 aromatic carbocycles. The first-order chi connectivity index (χ1) is 20.6. The lowest BCUT2D eigenvalue weighted by atomic mass is 9.95. The highest BCUT2D eigenvalue weighted by atomic mass is 19.1. The maximum absolute atomic E-state index is 16.8. The molecule has 2 unspecified atom stereocenters. The van der Waals surface area contributed by atoms with Gasteiger partial charge in [-0.25, -0.2) is 8.78 Å². The van der Waals surface area contributed by atoms with E-state index >= 15 is 8.78 Å². The monoisotopic (exact) mass is 570 g/mol. The van der Waals surface area contributed by atoms with Crippen molar-refractivity contribution in [2.45, 2.75) is 74.9 Å². The molecule has 2 N–H and O–H groups in total. The first kappa shape index (κ1) is 25.2. The number of nitrogens with zero attached hydrogens (tertiary/aromatic N) is 4. The van der Waals surface area contributed by atoms with Crippen molar-refractivity contribution in [2.75, 3.05) is 37.7 Å². The zero-order valence-electron chi connectivity index (χ0n) is 23.8. The molecule has 4 saturated heterocycles. The van der Waals surface area contributed by atoms with Crippen LogP contribution < -0.4 is 15.0 Å². The Kier molecular flexibility index (Phi) is 5.61. The van der Waals surface area contributed by atoms with E-state index in [1.807, 2.05) is 12.1 Å². The van der Waals surface area contributed by atoms with Crippen LogP contribution >= 0.6 is 0 Å². The second-order valence-electron chi connectivity index (χ2n) is 13.3. The summed E-state index contributed by atoms with van der Waals surface area (Å²) >= 11 is 0. The lowest BCUT2D eigenvalue weighted by molar-refractivity contribution is 0.108. The molecule has 7 nitrogen and oxygen atoms in total. The molecule has 5 fully saturated rings. The van der Waals surface area contributed by atoms with Gasteiger partial charge in [-0.1, -0.05) is 12.1 Å². The van der Waals surface area contributed by atoms with Crippen LogP contribution in [0.3, 0.4) is 0 Å². The third kappa shape index (κ3) is 3.89. The maximum Gasteiger partial charge on any atom is 0.319 e. The van der Waals surface area contributed by atoms with Gasteiger partial charge in [0.1, 0.15) is 23.8 Å². The molecule has 4 aromatic rings. The average molecular weight is 571 g/mol. The number of halogens is 2. The van der Waals surface area contributed by atoms with Crippen LogP contribution in [0.1, 0.15) is 62.8 Å². The van der Waals surface area contributed by atoms with Gasteiger partial charge in [-0.15, -0.1) is 0 Å². The minimum absolute atomic E-state index is 0.0163. The van der Waals surface area contributed by atoms with E-state index in [-0.39, 0.29) is 22.6 Å². The molecule has 6 heterocycles. The highest BCUT2D eigenvalue weighted by Crippen LogP contribution is 2.47. The first-order valence-corrected chi connectivity index (χ1v) is 15.8. The molecule has 5 aliphatic rings. The summed E-state index contributed by atoms with van der Waals surface area (Å²) in [6.07, 6.45) is 10.7. The Labute approximate surface area is 243 Å². The van der Waals surface area contributed by atoms with Crippen molar-refractivity contribution in [3.8, 4) is 17.1 Å². The summed E-state index contributed by atoms with van der Waals surface area (Å²) in [6, 6.07) is 8.42. The number of piperazine rings is 1. The fraction of sp³-hybridized carbons (Fsp3) is 0.515. The van der Waals surface area contributed by atoms with Gasteiger partial charge in [0.15, 0.2) is 5.82 Å². The molecule has 42 heavy (non-hydrogen) atoms. The number of aromatic amines is 1. The fourth-order valence-electron chi connectivity index (χ4n) is 8.49. The third-order valence-corrected chi connectivity index (χ3v) is 10.7. The Morgan fingerprint density at radius 2 is 1.79 bits per heavy atom. The van der Waals surface area contributed by atoms with Crippen LogP contribution in [-0.4, -0.2) is 70.3 Å². The topological polar surface area (TPSA) is 69.3 Å². The number of anilines is 1. The van der Waals surface area contributed by atoms with Gasteiger partial charge in [-0.3, -0.25) is 4.90 Å². The Balaban J connectivity index is 1.19. The highest BCUT2D eigenvalue weighted by molar-refractivity contribution is 6.02. The summed E-state index contributed by atoms with van der Waals surface area (Å²) in [7, 11) is 0. The molecule has 218 valence electrons. The molecule has 2 bridgehead atoms. The maximum atomic E-state index is 16.8. The predicted octanol–water partition coefficient (Wildman–Crippen LogP) is 5.88. The van der Waals surface area contributed by atoms with Gasteiger partial charge in [0.25, 0.3) is 0 Å². The van der Waals surface area contributed by atoms with Gasteiger partial charge < -0.3 is 19.9 Å². The van der Waals surface area contributed by atoms with E-state index in [9.17, 15) is 0 Å². The number of nitrogens with one attached hydrogen (secondary N) is 2. The van der Waals surface area contributed by atoms with Gasteiger partial charge >= 0.3 is 6.01 Å². The van der Waals surface area contributed by atoms with Crippen molar-refractivity contribution < 1.29 is 13.5 Å². The van der Waals surface area contributed by atoms with E-state index in [1.165, 1.54) is 18.9 Å². The van der Waals surface area contributed by atoms with Gasteiger partial charge in [0.05, 0.1) is 11.1 Å². The number of hydrogen-bond donors (Lipinski definition) is 2. The number of aromatic nitrogens is 3. The largest absolute Gasteiger partial charge is 0.461 e. The second-order valence-corrected chi connectivity index (χ2v) is 13.3. The van der Waals surface area contributed by atoms with Crippen LogP contribution in [0, 0.1) is 11.6 Å². The molecular formula is C33H36F2N6O. The summed E-state index contributed by atoms with van der Waals surface area (Å²) < 4.78 is 39.3. The third-order valence-electron chi connectivity index (χ3n) is 10.7. The molecule has 9 heteroatoms. The van der Waals surface area contributed by atoms with Crippen LogP contribution in [0.4, 0.5) is 14.6 Å². The number of hydrogen-bond acceptors (Lipinski definition) is 6. The van der Waals surface area contributed by atoms with Crippen LogP contribution in [0.5, 0.6) is 6.01 Å². The second kappa shape index (κ2) is 9.35. The predicted molar refractivity (Wildman–Crippen MR) is 159 cm³/mol. The van der Waals surface area contributed by atoms with E-state index < -0.39 is 11.6 Å². The average Bonchev–Trinajstić information content (AvgIpc) is 3.26. The van der Waals surface area contributed by atoms with Gasteiger partial charge in [0.2, 0.25) is 0 Å². The number of rotatable bonds is 6. The quantitative estimate of drug-likeness (QED) is 0.302. The van der Waals surface area contributed by atoms with E-state index in [2.05, 4.69) is 31.2 Å². The van der Waals surface area contributed by atoms with Crippen LogP contribution in [0.15, 0.2) is 30.5 Å². The standard InChI is InChI=1S/C33H36F2N6O/c34-25-14-23-30(29(35)28(25)24-15-36-26-5-1-4-22(27(24)26)19-6-7-19)38-32(42-18-33-10-2-12-41(33)13-3-11-33)39-31(23)40-16-20-8-9-21(17-40)37-20/h1,4-5,14-15,19-21,36-37H,2-3,6-13,16-18H2. The number of benzene rings is 2. The number of H-pyrrole nitrogens is 1. The zero-order valence-corrected chi connectivity index (χ0v) is 23.8. The minimum atomic E-state index is -0.648. The molecular weight excluding hydrogens is 534 g/mol. The molecule has 4 aliphatic heterocycles. The normalized spacial score (nSPS) is 25.1. The smallest absolute Gasteiger partial charge is 0.319 e. The molecule has 0 radical (unpaired) electrons. The summed E-state index contributed by atoms with van der Waals surface area (Å²) in [5.74, 6) is -0.223. The molecule has 2 atom stereocenters. The van der Waals surface area contributed by atoms with Crippen molar-refractivity contribution in [3.63, 3.8) is 0 Å². The van der Waals surface area contributed by atoms with E-state index in [0.29, 0.717) is 41.4 Å². The van der Waals surface area contributed by atoms with Crippen molar-refractivity contribution in [2.24, 2.45) is 0 Å². The van der Waals surface area contributed by atoms with Crippen molar-refractivity contribution >= 4 is 27.6 Å². The van der Waals surface area contributed by atoms with E-state index in [0.717, 1.165) is 81.2 Å². The SMILES string of the molecule is Fc1cc2c(N3CC4CCC(C3)N4)nc(OCC34CCCN3CCC4)nc2c(F)c1-c1c[nH]c2cccc(C3CC3)c12. The van der Waals surface area contributed by atoms with E-state index in [4.69, 9.17) is 9.72 Å². The number of fused-ring (bicyclic) bond motifs is 5.